The van der Waals surface area contributed by atoms with E-state index in [-0.39, 0.29) is 17.7 Å². The predicted octanol–water partition coefficient (Wildman–Crippen LogP) is 3.64. The lowest BCUT2D eigenvalue weighted by Crippen LogP contribution is -2.47. The van der Waals surface area contributed by atoms with Crippen molar-refractivity contribution in [2.24, 2.45) is 0 Å². The van der Waals surface area contributed by atoms with E-state index >= 15 is 0 Å². The second kappa shape index (κ2) is 10.6. The first-order chi connectivity index (χ1) is 18.6. The fourth-order valence-electron chi connectivity index (χ4n) is 5.48. The van der Waals surface area contributed by atoms with Crippen LogP contribution in [0, 0.1) is 23.5 Å². The van der Waals surface area contributed by atoms with Crippen molar-refractivity contribution in [3.05, 3.63) is 94.6 Å². The Kier molecular flexibility index (Phi) is 7.41. The van der Waals surface area contributed by atoms with Gasteiger partial charge in [-0.05, 0) is 61.7 Å². The number of amides is 1. The van der Waals surface area contributed by atoms with E-state index in [0.29, 0.717) is 32.4 Å². The highest BCUT2D eigenvalue weighted by Gasteiger charge is 2.44. The molecule has 5 rings (SSSR count). The van der Waals surface area contributed by atoms with Crippen LogP contribution < -0.4 is 0 Å². The zero-order chi connectivity index (χ0) is 27.8. The molecule has 2 aliphatic heterocycles. The molecule has 7 nitrogen and oxygen atoms in total. The molecule has 0 bridgehead atoms. The minimum atomic E-state index is -2.40. The average Bonchev–Trinajstić information content (AvgIpc) is 3.27. The summed E-state index contributed by atoms with van der Waals surface area (Å²) in [6.45, 7) is 2.78. The van der Waals surface area contributed by atoms with Gasteiger partial charge in [-0.1, -0.05) is 6.07 Å². The number of likely N-dealkylation sites (N-methyl/N-ethyl adjacent to an activating group) is 1. The Morgan fingerprint density at radius 2 is 1.74 bits per heavy atom. The number of rotatable bonds is 7. The number of hydrogen-bond acceptors (Lipinski definition) is 6. The zero-order valence-corrected chi connectivity index (χ0v) is 21.3. The molecule has 1 unspecified atom stereocenters. The number of likely N-dealkylation sites (tertiary alicyclic amines) is 1. The molecule has 1 amide bonds. The van der Waals surface area contributed by atoms with Crippen LogP contribution in [0.3, 0.4) is 0 Å². The van der Waals surface area contributed by atoms with Gasteiger partial charge in [-0.25, -0.2) is 18.7 Å². The maximum Gasteiger partial charge on any atom is 0.263 e. The van der Waals surface area contributed by atoms with E-state index in [0.717, 1.165) is 54.7 Å². The van der Waals surface area contributed by atoms with Gasteiger partial charge in [0.15, 0.2) is 17.2 Å². The monoisotopic (exact) mass is 544 g/mol. The smallest absolute Gasteiger partial charge is 0.263 e. The maximum atomic E-state index is 14.1. The lowest BCUT2D eigenvalue weighted by Gasteiger charge is -2.39. The Labute approximate surface area is 223 Å². The minimum Gasteiger partial charge on any atom is -0.372 e. The minimum absolute atomic E-state index is 0.0726. The standard InChI is InChI=1S/C28H28F4N4O3/c1-35(9-2-10-36-11-7-27(8-12-36)21-14-25(32)33-15-18(21)17-39-27)26(37)28(38,20-4-6-24(31)34-16-20)19-3-5-22(29)23(30)13-19/h3-6,13-16,38H,2,7-12,17H2,1H3. The molecule has 1 N–H and O–H groups in total. The molecule has 39 heavy (non-hydrogen) atoms. The highest BCUT2D eigenvalue weighted by Crippen LogP contribution is 2.44. The average molecular weight is 545 g/mol. The Morgan fingerprint density at radius 3 is 2.44 bits per heavy atom. The normalized spacial score (nSPS) is 18.1. The summed E-state index contributed by atoms with van der Waals surface area (Å²) in [4.78, 5) is 24.3. The van der Waals surface area contributed by atoms with Crippen LogP contribution >= 0.6 is 0 Å². The number of carbonyl (C=O) groups excluding carboxylic acids is 1. The van der Waals surface area contributed by atoms with Crippen molar-refractivity contribution < 1.29 is 32.2 Å². The number of pyridine rings is 2. The first-order valence-corrected chi connectivity index (χ1v) is 12.7. The lowest BCUT2D eigenvalue weighted by atomic mass is 9.84. The van der Waals surface area contributed by atoms with Gasteiger partial charge in [0.05, 0.1) is 12.2 Å². The first kappa shape index (κ1) is 27.2. The summed E-state index contributed by atoms with van der Waals surface area (Å²) in [5, 5.41) is 11.6. The molecular weight excluding hydrogens is 516 g/mol. The molecule has 206 valence electrons. The third-order valence-electron chi connectivity index (χ3n) is 7.72. The van der Waals surface area contributed by atoms with Gasteiger partial charge in [0.25, 0.3) is 5.91 Å². The van der Waals surface area contributed by atoms with Crippen molar-refractivity contribution in [1.82, 2.24) is 19.8 Å². The number of aliphatic hydroxyl groups is 1. The van der Waals surface area contributed by atoms with Crippen LogP contribution in [0.5, 0.6) is 0 Å². The van der Waals surface area contributed by atoms with Crippen LogP contribution in [0.15, 0.2) is 48.8 Å². The van der Waals surface area contributed by atoms with Crippen LogP contribution in [0.25, 0.3) is 0 Å². The van der Waals surface area contributed by atoms with Crippen LogP contribution in [-0.2, 0) is 27.3 Å². The summed E-state index contributed by atoms with van der Waals surface area (Å²) in [5.41, 5.74) is -1.40. The first-order valence-electron chi connectivity index (χ1n) is 12.7. The van der Waals surface area contributed by atoms with Crippen LogP contribution in [0.2, 0.25) is 0 Å². The lowest BCUT2D eigenvalue weighted by molar-refractivity contribution is -0.146. The predicted molar refractivity (Wildman–Crippen MR) is 132 cm³/mol. The number of nitrogens with zero attached hydrogens (tertiary/aromatic N) is 4. The highest BCUT2D eigenvalue weighted by atomic mass is 19.2. The molecule has 1 spiro atoms. The molecular formula is C28H28F4N4O3. The number of benzene rings is 1. The van der Waals surface area contributed by atoms with Crippen molar-refractivity contribution >= 4 is 5.91 Å². The SMILES string of the molecule is CN(CCCN1CCC2(CC1)OCc1cnc(F)cc12)C(=O)C(O)(c1ccc(F)nc1)c1ccc(F)c(F)c1. The van der Waals surface area contributed by atoms with Gasteiger partial charge in [0.1, 0.15) is 0 Å². The quantitative estimate of drug-likeness (QED) is 0.362. The van der Waals surface area contributed by atoms with E-state index in [1.807, 2.05) is 0 Å². The van der Waals surface area contributed by atoms with Crippen LogP contribution in [0.1, 0.15) is 41.5 Å². The molecule has 0 radical (unpaired) electrons. The van der Waals surface area contributed by atoms with Gasteiger partial charge in [-0.2, -0.15) is 8.78 Å². The molecule has 11 heteroatoms. The number of fused-ring (bicyclic) bond motifs is 2. The Morgan fingerprint density at radius 1 is 1.03 bits per heavy atom. The number of carbonyl (C=O) groups is 1. The van der Waals surface area contributed by atoms with Crippen molar-refractivity contribution in [2.75, 3.05) is 33.2 Å². The van der Waals surface area contributed by atoms with Crippen molar-refractivity contribution in [2.45, 2.75) is 37.1 Å². The summed E-state index contributed by atoms with van der Waals surface area (Å²) in [6.07, 6.45) is 4.50. The Bertz CT molecular complexity index is 1370. The molecule has 4 heterocycles. The number of halogens is 4. The molecule has 2 aromatic heterocycles. The molecule has 1 aromatic carbocycles. The fraction of sp³-hybridized carbons (Fsp3) is 0.393. The van der Waals surface area contributed by atoms with Crippen molar-refractivity contribution in [3.63, 3.8) is 0 Å². The third kappa shape index (κ3) is 5.13. The maximum absolute atomic E-state index is 14.1. The summed E-state index contributed by atoms with van der Waals surface area (Å²) in [5.74, 6) is -4.48. The molecule has 1 atom stereocenters. The molecule has 1 fully saturated rings. The van der Waals surface area contributed by atoms with Gasteiger partial charge in [-0.15, -0.1) is 0 Å². The summed E-state index contributed by atoms with van der Waals surface area (Å²) >= 11 is 0. The topological polar surface area (TPSA) is 78.8 Å². The Hall–Kier alpha value is -3.41. The van der Waals surface area contributed by atoms with Gasteiger partial charge < -0.3 is 19.6 Å². The number of hydrogen-bond donors (Lipinski definition) is 1. The second-order valence-corrected chi connectivity index (χ2v) is 10.1. The fourth-order valence-corrected chi connectivity index (χ4v) is 5.48. The largest absolute Gasteiger partial charge is 0.372 e. The van der Waals surface area contributed by atoms with Gasteiger partial charge in [0, 0.05) is 55.8 Å². The van der Waals surface area contributed by atoms with E-state index in [1.54, 1.807) is 0 Å². The number of aromatic nitrogens is 2. The van der Waals surface area contributed by atoms with Gasteiger partial charge in [0.2, 0.25) is 11.9 Å². The molecule has 0 saturated carbocycles. The highest BCUT2D eigenvalue weighted by molar-refractivity contribution is 5.89. The van der Waals surface area contributed by atoms with Crippen molar-refractivity contribution in [3.8, 4) is 0 Å². The summed E-state index contributed by atoms with van der Waals surface area (Å²) < 4.78 is 60.9. The van der Waals surface area contributed by atoms with Gasteiger partial charge >= 0.3 is 0 Å². The van der Waals surface area contributed by atoms with E-state index < -0.39 is 40.6 Å². The van der Waals surface area contributed by atoms with E-state index in [9.17, 15) is 27.5 Å². The van der Waals surface area contributed by atoms with Gasteiger partial charge in [-0.3, -0.25) is 4.79 Å². The number of ether oxygens (including phenoxy) is 1. The summed E-state index contributed by atoms with van der Waals surface area (Å²) in [6, 6.07) is 6.31. The van der Waals surface area contributed by atoms with Crippen LogP contribution in [0.4, 0.5) is 17.6 Å². The van der Waals surface area contributed by atoms with E-state index in [1.165, 1.54) is 30.3 Å². The second-order valence-electron chi connectivity index (χ2n) is 10.1. The summed E-state index contributed by atoms with van der Waals surface area (Å²) in [7, 11) is 1.50. The Balaban J connectivity index is 1.23. The van der Waals surface area contributed by atoms with Crippen LogP contribution in [-0.4, -0.2) is 64.0 Å². The number of piperidine rings is 1. The van der Waals surface area contributed by atoms with E-state index in [2.05, 4.69) is 14.9 Å². The van der Waals surface area contributed by atoms with E-state index in [4.69, 9.17) is 4.74 Å². The third-order valence-corrected chi connectivity index (χ3v) is 7.72. The zero-order valence-electron chi connectivity index (χ0n) is 21.3. The molecule has 1 saturated heterocycles. The van der Waals surface area contributed by atoms with Crippen molar-refractivity contribution in [1.29, 1.82) is 0 Å². The molecule has 0 aliphatic carbocycles. The molecule has 2 aliphatic rings. The molecule has 3 aromatic rings.